The minimum absolute atomic E-state index is 0.137. The molecule has 0 amide bonds. The standard InChI is InChI=1S/C26H24O5/c1-15(2)16-5-7-17(8-6-16)23-25(28)24-21(30-4)13-20(29-3)14-22(24)31-26(23)18-9-11-19(27)12-10-18/h5-15,27H,1-4H3. The van der Waals surface area contributed by atoms with Gasteiger partial charge in [-0.2, -0.15) is 0 Å². The minimum Gasteiger partial charge on any atom is -0.508 e. The number of phenols is 1. The molecule has 4 rings (SSSR count). The normalized spacial score (nSPS) is 11.1. The molecule has 1 N–H and O–H groups in total. The molecule has 5 nitrogen and oxygen atoms in total. The van der Waals surface area contributed by atoms with Gasteiger partial charge in [0.15, 0.2) is 0 Å². The summed E-state index contributed by atoms with van der Waals surface area (Å²) >= 11 is 0. The number of hydrogen-bond acceptors (Lipinski definition) is 5. The van der Waals surface area contributed by atoms with E-state index in [1.54, 1.807) is 43.5 Å². The lowest BCUT2D eigenvalue weighted by Gasteiger charge is -2.14. The van der Waals surface area contributed by atoms with Crippen LogP contribution in [0.3, 0.4) is 0 Å². The Hall–Kier alpha value is -3.73. The molecule has 0 bridgehead atoms. The molecule has 4 aromatic rings. The van der Waals surface area contributed by atoms with Crippen LogP contribution in [-0.4, -0.2) is 19.3 Å². The van der Waals surface area contributed by atoms with Gasteiger partial charge in [-0.25, -0.2) is 0 Å². The summed E-state index contributed by atoms with van der Waals surface area (Å²) in [6.07, 6.45) is 0. The summed E-state index contributed by atoms with van der Waals surface area (Å²) in [7, 11) is 3.06. The fraction of sp³-hybridized carbons (Fsp3) is 0.192. The first-order valence-corrected chi connectivity index (χ1v) is 10.1. The van der Waals surface area contributed by atoms with Crippen molar-refractivity contribution in [3.05, 3.63) is 76.5 Å². The quantitative estimate of drug-likeness (QED) is 0.434. The molecule has 5 heteroatoms. The van der Waals surface area contributed by atoms with Crippen LogP contribution in [0.4, 0.5) is 0 Å². The van der Waals surface area contributed by atoms with Crippen LogP contribution in [-0.2, 0) is 0 Å². The number of hydrogen-bond donors (Lipinski definition) is 1. The lowest BCUT2D eigenvalue weighted by atomic mass is 9.95. The maximum Gasteiger partial charge on any atom is 0.204 e. The molecule has 0 aliphatic carbocycles. The van der Waals surface area contributed by atoms with Gasteiger partial charge in [-0.3, -0.25) is 4.79 Å². The third-order valence-corrected chi connectivity index (χ3v) is 5.38. The van der Waals surface area contributed by atoms with Gasteiger partial charge in [0.25, 0.3) is 0 Å². The van der Waals surface area contributed by atoms with Gasteiger partial charge in [0.05, 0.1) is 19.8 Å². The third-order valence-electron chi connectivity index (χ3n) is 5.38. The van der Waals surface area contributed by atoms with E-state index in [1.165, 1.54) is 12.7 Å². The van der Waals surface area contributed by atoms with Crippen LogP contribution in [0, 0.1) is 0 Å². The fourth-order valence-corrected chi connectivity index (χ4v) is 3.65. The summed E-state index contributed by atoms with van der Waals surface area (Å²) in [6.45, 7) is 4.25. The molecule has 0 unspecified atom stereocenters. The van der Waals surface area contributed by atoms with Crippen LogP contribution in [0.5, 0.6) is 17.2 Å². The Balaban J connectivity index is 2.08. The molecule has 0 spiro atoms. The monoisotopic (exact) mass is 416 g/mol. The van der Waals surface area contributed by atoms with Crippen molar-refractivity contribution in [3.8, 4) is 39.7 Å². The van der Waals surface area contributed by atoms with Crippen molar-refractivity contribution in [3.63, 3.8) is 0 Å². The lowest BCUT2D eigenvalue weighted by molar-refractivity contribution is 0.396. The number of phenolic OH excluding ortho intramolecular Hbond substituents is 1. The van der Waals surface area contributed by atoms with E-state index in [-0.39, 0.29) is 11.2 Å². The fourth-order valence-electron chi connectivity index (χ4n) is 3.65. The molecule has 0 radical (unpaired) electrons. The van der Waals surface area contributed by atoms with Crippen molar-refractivity contribution in [2.24, 2.45) is 0 Å². The van der Waals surface area contributed by atoms with Crippen LogP contribution in [0.2, 0.25) is 0 Å². The minimum atomic E-state index is -0.193. The lowest BCUT2D eigenvalue weighted by Crippen LogP contribution is -2.09. The van der Waals surface area contributed by atoms with Crippen LogP contribution in [0.25, 0.3) is 33.4 Å². The zero-order chi connectivity index (χ0) is 22.1. The van der Waals surface area contributed by atoms with Gasteiger partial charge in [0.2, 0.25) is 5.43 Å². The first-order valence-electron chi connectivity index (χ1n) is 10.1. The van der Waals surface area contributed by atoms with Crippen LogP contribution in [0.1, 0.15) is 25.3 Å². The summed E-state index contributed by atoms with van der Waals surface area (Å²) in [5.41, 5.74) is 3.23. The van der Waals surface area contributed by atoms with E-state index >= 15 is 0 Å². The average molecular weight is 416 g/mol. The number of rotatable bonds is 5. The van der Waals surface area contributed by atoms with E-state index in [2.05, 4.69) is 13.8 Å². The van der Waals surface area contributed by atoms with Crippen molar-refractivity contribution in [1.82, 2.24) is 0 Å². The number of benzene rings is 3. The second-order valence-electron chi connectivity index (χ2n) is 7.66. The van der Waals surface area contributed by atoms with Crippen molar-refractivity contribution >= 4 is 11.0 Å². The topological polar surface area (TPSA) is 68.9 Å². The Bertz CT molecular complexity index is 1280. The Morgan fingerprint density at radius 3 is 2.10 bits per heavy atom. The van der Waals surface area contributed by atoms with Gasteiger partial charge < -0.3 is 19.0 Å². The Kier molecular flexibility index (Phi) is 5.42. The smallest absolute Gasteiger partial charge is 0.204 e. The van der Waals surface area contributed by atoms with Crippen molar-refractivity contribution in [1.29, 1.82) is 0 Å². The Morgan fingerprint density at radius 1 is 0.871 bits per heavy atom. The third kappa shape index (κ3) is 3.75. The molecular formula is C26H24O5. The zero-order valence-corrected chi connectivity index (χ0v) is 17.9. The van der Waals surface area contributed by atoms with Gasteiger partial charge in [0.1, 0.15) is 34.0 Å². The highest BCUT2D eigenvalue weighted by Crippen LogP contribution is 2.37. The summed E-state index contributed by atoms with van der Waals surface area (Å²) in [6, 6.07) is 17.9. The SMILES string of the molecule is COc1cc(OC)c2c(=O)c(-c3ccc(C(C)C)cc3)c(-c3ccc(O)cc3)oc2c1. The zero-order valence-electron chi connectivity index (χ0n) is 17.9. The van der Waals surface area contributed by atoms with Crippen LogP contribution >= 0.6 is 0 Å². The molecular weight excluding hydrogens is 392 g/mol. The molecule has 0 saturated carbocycles. The second-order valence-corrected chi connectivity index (χ2v) is 7.66. The molecule has 3 aromatic carbocycles. The average Bonchev–Trinajstić information content (AvgIpc) is 2.78. The van der Waals surface area contributed by atoms with Gasteiger partial charge >= 0.3 is 0 Å². The van der Waals surface area contributed by atoms with E-state index < -0.39 is 0 Å². The molecule has 0 saturated heterocycles. The van der Waals surface area contributed by atoms with E-state index in [0.29, 0.717) is 45.3 Å². The highest BCUT2D eigenvalue weighted by atomic mass is 16.5. The molecule has 0 atom stereocenters. The van der Waals surface area contributed by atoms with E-state index in [9.17, 15) is 9.90 Å². The first kappa shape index (κ1) is 20.5. The molecule has 1 heterocycles. The summed E-state index contributed by atoms with van der Waals surface area (Å²) in [5.74, 6) is 1.85. The molecule has 0 aliphatic heterocycles. The number of methoxy groups -OCH3 is 2. The number of aromatic hydroxyl groups is 1. The maximum absolute atomic E-state index is 13.8. The second kappa shape index (κ2) is 8.19. The van der Waals surface area contributed by atoms with Gasteiger partial charge in [-0.05, 0) is 41.3 Å². The largest absolute Gasteiger partial charge is 0.508 e. The van der Waals surface area contributed by atoms with Crippen molar-refractivity contribution in [2.75, 3.05) is 14.2 Å². The molecule has 1 aromatic heterocycles. The van der Waals surface area contributed by atoms with Crippen LogP contribution in [0.15, 0.2) is 69.9 Å². The van der Waals surface area contributed by atoms with E-state index in [4.69, 9.17) is 13.9 Å². The van der Waals surface area contributed by atoms with E-state index in [1.807, 2.05) is 24.3 Å². The van der Waals surface area contributed by atoms with Gasteiger partial charge in [-0.1, -0.05) is 38.1 Å². The molecule has 31 heavy (non-hydrogen) atoms. The molecule has 158 valence electrons. The number of ether oxygens (including phenoxy) is 2. The highest BCUT2D eigenvalue weighted by Gasteiger charge is 2.21. The van der Waals surface area contributed by atoms with Crippen molar-refractivity contribution < 1.29 is 19.0 Å². The predicted molar refractivity (Wildman–Crippen MR) is 122 cm³/mol. The summed E-state index contributed by atoms with van der Waals surface area (Å²) < 4.78 is 17.1. The van der Waals surface area contributed by atoms with E-state index in [0.717, 1.165) is 5.56 Å². The van der Waals surface area contributed by atoms with Crippen LogP contribution < -0.4 is 14.9 Å². The van der Waals surface area contributed by atoms with Crippen molar-refractivity contribution in [2.45, 2.75) is 19.8 Å². The number of fused-ring (bicyclic) bond motifs is 1. The van der Waals surface area contributed by atoms with Gasteiger partial charge in [0, 0.05) is 17.7 Å². The highest BCUT2D eigenvalue weighted by molar-refractivity contribution is 5.93. The Labute approximate surface area is 180 Å². The maximum atomic E-state index is 13.8. The van der Waals surface area contributed by atoms with Gasteiger partial charge in [-0.15, -0.1) is 0 Å². The summed E-state index contributed by atoms with van der Waals surface area (Å²) in [5, 5.41) is 10.1. The predicted octanol–water partition coefficient (Wildman–Crippen LogP) is 5.97. The summed E-state index contributed by atoms with van der Waals surface area (Å²) in [4.78, 5) is 13.8. The molecule has 0 fully saturated rings. The Morgan fingerprint density at radius 2 is 1.52 bits per heavy atom. The molecule has 0 aliphatic rings. The first-order chi connectivity index (χ1) is 14.9.